The molecule has 18 heavy (non-hydrogen) atoms. The topological polar surface area (TPSA) is 70.6 Å². The highest BCUT2D eigenvalue weighted by molar-refractivity contribution is 5.80. The molecule has 0 aromatic heterocycles. The summed E-state index contributed by atoms with van der Waals surface area (Å²) in [5.74, 6) is 0.806. The molecular weight excluding hydrogens is 226 g/mol. The van der Waals surface area contributed by atoms with Crippen molar-refractivity contribution >= 4 is 5.84 Å². The van der Waals surface area contributed by atoms with Crippen LogP contribution in [0.15, 0.2) is 35.5 Å². The van der Waals surface area contributed by atoms with E-state index in [1.807, 2.05) is 13.0 Å². The number of hydrogen-bond donors (Lipinski definition) is 3. The van der Waals surface area contributed by atoms with E-state index in [-0.39, 0.29) is 11.9 Å². The summed E-state index contributed by atoms with van der Waals surface area (Å²) < 4.78 is 0. The molecule has 2 unspecified atom stereocenters. The smallest absolute Gasteiger partial charge is 0.140 e. The molecular formula is C14H23N3O. The first kappa shape index (κ1) is 14.5. The van der Waals surface area contributed by atoms with Crippen molar-refractivity contribution in [2.24, 2.45) is 10.9 Å². The standard InChI is InChI=1S/C14H23N3O/c1-11(13-6-4-3-5-7-13)8-9-16-12(2)10-14(15)17-18/h3-7,11-12,16,18H,8-10H2,1-2H3,(H2,15,17). The van der Waals surface area contributed by atoms with Crippen molar-refractivity contribution in [1.29, 1.82) is 0 Å². The van der Waals surface area contributed by atoms with Crippen LogP contribution in [-0.2, 0) is 0 Å². The van der Waals surface area contributed by atoms with Crippen LogP contribution in [0.3, 0.4) is 0 Å². The van der Waals surface area contributed by atoms with Gasteiger partial charge in [0, 0.05) is 12.5 Å². The fraction of sp³-hybridized carbons (Fsp3) is 0.500. The molecule has 0 bridgehead atoms. The Morgan fingerprint density at radius 3 is 2.61 bits per heavy atom. The number of nitrogens with two attached hydrogens (primary N) is 1. The number of nitrogens with zero attached hydrogens (tertiary/aromatic N) is 1. The molecule has 4 heteroatoms. The Hall–Kier alpha value is -1.55. The van der Waals surface area contributed by atoms with Gasteiger partial charge in [0.1, 0.15) is 5.84 Å². The number of hydrogen-bond acceptors (Lipinski definition) is 3. The van der Waals surface area contributed by atoms with E-state index < -0.39 is 0 Å². The van der Waals surface area contributed by atoms with Crippen LogP contribution < -0.4 is 11.1 Å². The molecule has 0 saturated heterocycles. The second-order valence-corrected chi connectivity index (χ2v) is 4.75. The zero-order valence-electron chi connectivity index (χ0n) is 11.1. The fourth-order valence-electron chi connectivity index (χ4n) is 1.92. The van der Waals surface area contributed by atoms with E-state index in [1.54, 1.807) is 0 Å². The number of amidine groups is 1. The van der Waals surface area contributed by atoms with Crippen molar-refractivity contribution < 1.29 is 5.21 Å². The summed E-state index contributed by atoms with van der Waals surface area (Å²) in [7, 11) is 0. The maximum Gasteiger partial charge on any atom is 0.140 e. The van der Waals surface area contributed by atoms with Crippen LogP contribution in [0.4, 0.5) is 0 Å². The molecule has 0 spiro atoms. The monoisotopic (exact) mass is 249 g/mol. The van der Waals surface area contributed by atoms with Crippen LogP contribution in [-0.4, -0.2) is 23.6 Å². The lowest BCUT2D eigenvalue weighted by Crippen LogP contribution is -2.32. The maximum absolute atomic E-state index is 8.48. The average molecular weight is 249 g/mol. The van der Waals surface area contributed by atoms with Crippen molar-refractivity contribution in [1.82, 2.24) is 5.32 Å². The van der Waals surface area contributed by atoms with Crippen LogP contribution in [0.2, 0.25) is 0 Å². The molecule has 1 aromatic carbocycles. The normalized spacial score (nSPS) is 15.3. The van der Waals surface area contributed by atoms with Crippen LogP contribution in [0.25, 0.3) is 0 Å². The molecule has 4 N–H and O–H groups in total. The minimum absolute atomic E-state index is 0.226. The quantitative estimate of drug-likeness (QED) is 0.300. The van der Waals surface area contributed by atoms with E-state index in [1.165, 1.54) is 5.56 Å². The third kappa shape index (κ3) is 5.19. The first-order valence-electron chi connectivity index (χ1n) is 6.38. The minimum atomic E-state index is 0.226. The molecule has 0 heterocycles. The Morgan fingerprint density at radius 2 is 2.00 bits per heavy atom. The first-order chi connectivity index (χ1) is 8.63. The molecule has 0 fully saturated rings. The zero-order chi connectivity index (χ0) is 13.4. The Labute approximate surface area is 109 Å². The van der Waals surface area contributed by atoms with Crippen LogP contribution >= 0.6 is 0 Å². The van der Waals surface area contributed by atoms with Crippen molar-refractivity contribution in [2.75, 3.05) is 6.54 Å². The highest BCUT2D eigenvalue weighted by Gasteiger charge is 2.07. The molecule has 0 aliphatic rings. The second kappa shape index (κ2) is 7.71. The fourth-order valence-corrected chi connectivity index (χ4v) is 1.92. The molecule has 2 atom stereocenters. The summed E-state index contributed by atoms with van der Waals surface area (Å²) in [6.07, 6.45) is 1.64. The van der Waals surface area contributed by atoms with E-state index in [4.69, 9.17) is 10.9 Å². The number of rotatable bonds is 7. The Morgan fingerprint density at radius 1 is 1.33 bits per heavy atom. The van der Waals surface area contributed by atoms with Crippen LogP contribution in [0, 0.1) is 0 Å². The molecule has 4 nitrogen and oxygen atoms in total. The predicted octanol–water partition coefficient (Wildman–Crippen LogP) is 2.29. The van der Waals surface area contributed by atoms with Gasteiger partial charge in [-0.3, -0.25) is 0 Å². The molecule has 100 valence electrons. The van der Waals surface area contributed by atoms with Gasteiger partial charge in [-0.25, -0.2) is 0 Å². The summed E-state index contributed by atoms with van der Waals surface area (Å²) in [4.78, 5) is 0. The van der Waals surface area contributed by atoms with Gasteiger partial charge in [-0.2, -0.15) is 0 Å². The third-order valence-electron chi connectivity index (χ3n) is 3.08. The lowest BCUT2D eigenvalue weighted by atomic mass is 9.98. The van der Waals surface area contributed by atoms with E-state index in [0.29, 0.717) is 12.3 Å². The first-order valence-corrected chi connectivity index (χ1v) is 6.38. The van der Waals surface area contributed by atoms with Crippen molar-refractivity contribution in [3.8, 4) is 0 Å². The van der Waals surface area contributed by atoms with E-state index in [2.05, 4.69) is 41.7 Å². The van der Waals surface area contributed by atoms with Gasteiger partial charge < -0.3 is 16.3 Å². The third-order valence-corrected chi connectivity index (χ3v) is 3.08. The summed E-state index contributed by atoms with van der Waals surface area (Å²) in [5.41, 5.74) is 6.82. The molecule has 0 amide bonds. The summed E-state index contributed by atoms with van der Waals surface area (Å²) >= 11 is 0. The second-order valence-electron chi connectivity index (χ2n) is 4.75. The van der Waals surface area contributed by atoms with E-state index in [9.17, 15) is 0 Å². The number of nitrogens with one attached hydrogen (secondary N) is 1. The summed E-state index contributed by atoms with van der Waals surface area (Å²) in [6.45, 7) is 5.19. The van der Waals surface area contributed by atoms with Crippen LogP contribution in [0.1, 0.15) is 38.2 Å². The average Bonchev–Trinajstić information content (AvgIpc) is 2.39. The lowest BCUT2D eigenvalue weighted by molar-refractivity contribution is 0.315. The van der Waals surface area contributed by atoms with Gasteiger partial charge in [0.15, 0.2) is 0 Å². The number of oxime groups is 1. The Balaban J connectivity index is 2.25. The van der Waals surface area contributed by atoms with Gasteiger partial charge in [-0.1, -0.05) is 42.4 Å². The largest absolute Gasteiger partial charge is 0.409 e. The molecule has 1 rings (SSSR count). The van der Waals surface area contributed by atoms with E-state index >= 15 is 0 Å². The van der Waals surface area contributed by atoms with Crippen LogP contribution in [0.5, 0.6) is 0 Å². The van der Waals surface area contributed by atoms with Crippen molar-refractivity contribution in [3.63, 3.8) is 0 Å². The molecule has 0 aliphatic carbocycles. The Bertz CT molecular complexity index is 365. The van der Waals surface area contributed by atoms with Gasteiger partial charge in [0.25, 0.3) is 0 Å². The lowest BCUT2D eigenvalue weighted by Gasteiger charge is -2.16. The maximum atomic E-state index is 8.48. The van der Waals surface area contributed by atoms with Crippen molar-refractivity contribution in [3.05, 3.63) is 35.9 Å². The van der Waals surface area contributed by atoms with E-state index in [0.717, 1.165) is 13.0 Å². The van der Waals surface area contributed by atoms with Gasteiger partial charge in [0.2, 0.25) is 0 Å². The molecule has 0 aliphatic heterocycles. The molecule has 1 aromatic rings. The van der Waals surface area contributed by atoms with Gasteiger partial charge in [0.05, 0.1) is 0 Å². The van der Waals surface area contributed by atoms with Gasteiger partial charge >= 0.3 is 0 Å². The Kier molecular flexibility index (Phi) is 6.22. The van der Waals surface area contributed by atoms with Gasteiger partial charge in [-0.15, -0.1) is 0 Å². The predicted molar refractivity (Wildman–Crippen MR) is 75.0 cm³/mol. The summed E-state index contributed by atoms with van der Waals surface area (Å²) in [6, 6.07) is 10.7. The minimum Gasteiger partial charge on any atom is -0.409 e. The summed E-state index contributed by atoms with van der Waals surface area (Å²) in [5, 5.41) is 14.8. The SMILES string of the molecule is CC(C/C(N)=N/O)NCCC(C)c1ccccc1. The molecule has 0 saturated carbocycles. The highest BCUT2D eigenvalue weighted by atomic mass is 16.4. The zero-order valence-corrected chi connectivity index (χ0v) is 11.1. The molecule has 0 radical (unpaired) electrons. The van der Waals surface area contributed by atoms with Crippen molar-refractivity contribution in [2.45, 2.75) is 38.6 Å². The number of benzene rings is 1. The van der Waals surface area contributed by atoms with Gasteiger partial charge in [-0.05, 0) is 31.4 Å². The highest BCUT2D eigenvalue weighted by Crippen LogP contribution is 2.17.